The third-order valence-electron chi connectivity index (χ3n) is 1.84. The van der Waals surface area contributed by atoms with Crippen LogP contribution in [-0.4, -0.2) is 24.5 Å². The highest BCUT2D eigenvalue weighted by atomic mass is 16.7. The van der Waals surface area contributed by atoms with Crippen molar-refractivity contribution in [2.45, 2.75) is 46.3 Å². The zero-order valence-corrected chi connectivity index (χ0v) is 7.55. The quantitative estimate of drug-likeness (QED) is 0.641. The lowest BCUT2D eigenvalue weighted by atomic mass is 10.0. The van der Waals surface area contributed by atoms with Crippen LogP contribution in [-0.2, 0) is 9.57 Å². The van der Waals surface area contributed by atoms with Gasteiger partial charge in [0.1, 0.15) is 5.60 Å². The van der Waals surface area contributed by atoms with E-state index in [-0.39, 0.29) is 19.1 Å². The zero-order chi connectivity index (χ0) is 8.48. The monoisotopic (exact) mass is 173 g/mol. The maximum absolute atomic E-state index is 5.18. The molecule has 0 radical (unpaired) electrons. The molecule has 0 amide bonds. The van der Waals surface area contributed by atoms with Gasteiger partial charge in [0.05, 0.1) is 11.8 Å². The van der Waals surface area contributed by atoms with E-state index in [0.717, 1.165) is 12.1 Å². The second-order valence-corrected chi connectivity index (χ2v) is 3.49. The van der Waals surface area contributed by atoms with E-state index in [2.05, 4.69) is 5.16 Å². The molecule has 1 aliphatic rings. The molecule has 1 rings (SSSR count). The number of hydrogen-bond donors (Lipinski definition) is 0. The summed E-state index contributed by atoms with van der Waals surface area (Å²) in [6.07, 6.45) is 0.943. The van der Waals surface area contributed by atoms with Crippen LogP contribution in [0.2, 0.25) is 0 Å². The number of ether oxygens (including phenoxy) is 1. The third-order valence-corrected chi connectivity index (χ3v) is 1.84. The average Bonchev–Trinajstić information content (AvgIpc) is 2.29. The van der Waals surface area contributed by atoms with Crippen molar-refractivity contribution in [2.75, 3.05) is 7.11 Å². The average molecular weight is 173 g/mol. The molecule has 0 aromatic carbocycles. The van der Waals surface area contributed by atoms with Gasteiger partial charge in [0.15, 0.2) is 0 Å². The molecule has 1 atom stereocenters. The maximum Gasteiger partial charge on any atom is 0.137 e. The summed E-state index contributed by atoms with van der Waals surface area (Å²) in [5, 5.41) is 3.95. The van der Waals surface area contributed by atoms with Crippen molar-refractivity contribution in [1.29, 1.82) is 0 Å². The number of oxime groups is 1. The molecular weight excluding hydrogens is 154 g/mol. The van der Waals surface area contributed by atoms with Gasteiger partial charge in [0.25, 0.3) is 0 Å². The van der Waals surface area contributed by atoms with Crippen LogP contribution in [0, 0.1) is 0 Å². The van der Waals surface area contributed by atoms with Crippen molar-refractivity contribution >= 4 is 5.71 Å². The lowest BCUT2D eigenvalue weighted by molar-refractivity contribution is 0.0123. The summed E-state index contributed by atoms with van der Waals surface area (Å²) in [5.41, 5.74) is 0.861. The Morgan fingerprint density at radius 3 is 2.50 bits per heavy atom. The molecule has 0 fully saturated rings. The molecule has 72 valence electrons. The largest absolute Gasteiger partial charge is 0.389 e. The topological polar surface area (TPSA) is 30.8 Å². The van der Waals surface area contributed by atoms with Crippen LogP contribution >= 0.6 is 0 Å². The van der Waals surface area contributed by atoms with Gasteiger partial charge in [-0.2, -0.15) is 0 Å². The van der Waals surface area contributed by atoms with E-state index in [9.17, 15) is 0 Å². The minimum atomic E-state index is -0.137. The Balaban J connectivity index is 0.00000121. The van der Waals surface area contributed by atoms with E-state index in [4.69, 9.17) is 9.57 Å². The van der Waals surface area contributed by atoms with Crippen molar-refractivity contribution in [1.82, 2.24) is 0 Å². The molecule has 0 N–H and O–H groups in total. The van der Waals surface area contributed by atoms with Gasteiger partial charge < -0.3 is 9.57 Å². The van der Waals surface area contributed by atoms with Gasteiger partial charge in [-0.25, -0.2) is 0 Å². The van der Waals surface area contributed by atoms with E-state index in [1.54, 1.807) is 7.11 Å². The van der Waals surface area contributed by atoms with Crippen molar-refractivity contribution in [3.05, 3.63) is 0 Å². The van der Waals surface area contributed by atoms with Crippen molar-refractivity contribution in [3.63, 3.8) is 0 Å². The van der Waals surface area contributed by atoms with E-state index >= 15 is 0 Å². The summed E-state index contributed by atoms with van der Waals surface area (Å²) in [6, 6.07) is 0. The highest BCUT2D eigenvalue weighted by Crippen LogP contribution is 2.23. The van der Waals surface area contributed by atoms with Crippen molar-refractivity contribution < 1.29 is 9.57 Å². The molecule has 3 heteroatoms. The van der Waals surface area contributed by atoms with Crippen LogP contribution in [0.4, 0.5) is 0 Å². The zero-order valence-electron chi connectivity index (χ0n) is 7.55. The first-order valence-electron chi connectivity index (χ1n) is 3.83. The highest BCUT2D eigenvalue weighted by molar-refractivity contribution is 5.89. The Hall–Kier alpha value is -0.570. The number of hydrogen-bond acceptors (Lipinski definition) is 3. The van der Waals surface area contributed by atoms with Crippen LogP contribution in [0.5, 0.6) is 0 Å². The minimum absolute atomic E-state index is 0. The molecule has 0 aromatic rings. The van der Waals surface area contributed by atoms with Gasteiger partial charge in [-0.3, -0.25) is 0 Å². The molecule has 1 aliphatic heterocycles. The summed E-state index contributed by atoms with van der Waals surface area (Å²) < 4.78 is 5.12. The fourth-order valence-electron chi connectivity index (χ4n) is 1.04. The minimum Gasteiger partial charge on any atom is -0.389 e. The summed E-state index contributed by atoms with van der Waals surface area (Å²) in [4.78, 5) is 5.18. The Morgan fingerprint density at radius 2 is 2.17 bits per heavy atom. The highest BCUT2D eigenvalue weighted by Gasteiger charge is 2.31. The first kappa shape index (κ1) is 11.4. The van der Waals surface area contributed by atoms with E-state index in [0.29, 0.717) is 0 Å². The van der Waals surface area contributed by atoms with Gasteiger partial charge in [0.2, 0.25) is 0 Å². The van der Waals surface area contributed by atoms with Gasteiger partial charge in [-0.1, -0.05) is 12.6 Å². The fourth-order valence-corrected chi connectivity index (χ4v) is 1.04. The van der Waals surface area contributed by atoms with Crippen LogP contribution in [0.15, 0.2) is 5.16 Å². The third kappa shape index (κ3) is 2.48. The van der Waals surface area contributed by atoms with E-state index in [1.807, 2.05) is 20.8 Å². The molecule has 0 aromatic heterocycles. The van der Waals surface area contributed by atoms with Crippen LogP contribution < -0.4 is 0 Å². The molecule has 1 heterocycles. The SMILES string of the molecule is C.COC(C)C1=NOC(C)(C)C1. The normalized spacial score (nSPS) is 22.2. The molecule has 0 saturated carbocycles. The predicted molar refractivity (Wildman–Crippen MR) is 50.4 cm³/mol. The number of nitrogens with zero attached hydrogens (tertiary/aromatic N) is 1. The van der Waals surface area contributed by atoms with Crippen LogP contribution in [0.25, 0.3) is 0 Å². The molecule has 12 heavy (non-hydrogen) atoms. The molecule has 0 aliphatic carbocycles. The number of rotatable bonds is 2. The van der Waals surface area contributed by atoms with Gasteiger partial charge in [0, 0.05) is 13.5 Å². The van der Waals surface area contributed by atoms with Crippen LogP contribution in [0.1, 0.15) is 34.6 Å². The number of methoxy groups -OCH3 is 1. The first-order chi connectivity index (χ1) is 5.05. The Morgan fingerprint density at radius 1 is 1.58 bits per heavy atom. The van der Waals surface area contributed by atoms with E-state index in [1.165, 1.54) is 0 Å². The Kier molecular flexibility index (Phi) is 3.71. The Labute approximate surface area is 74.7 Å². The summed E-state index contributed by atoms with van der Waals surface area (Å²) in [5.74, 6) is 0. The van der Waals surface area contributed by atoms with Crippen LogP contribution in [0.3, 0.4) is 0 Å². The molecule has 3 nitrogen and oxygen atoms in total. The van der Waals surface area contributed by atoms with Gasteiger partial charge in [-0.05, 0) is 20.8 Å². The van der Waals surface area contributed by atoms with E-state index < -0.39 is 0 Å². The fraction of sp³-hybridized carbons (Fsp3) is 0.889. The van der Waals surface area contributed by atoms with Gasteiger partial charge in [-0.15, -0.1) is 0 Å². The van der Waals surface area contributed by atoms with Crippen molar-refractivity contribution in [2.24, 2.45) is 5.16 Å². The second kappa shape index (κ2) is 3.90. The predicted octanol–water partition coefficient (Wildman–Crippen LogP) is 2.21. The summed E-state index contributed by atoms with van der Waals surface area (Å²) >= 11 is 0. The smallest absolute Gasteiger partial charge is 0.137 e. The molecule has 0 spiro atoms. The summed E-state index contributed by atoms with van der Waals surface area (Å²) in [7, 11) is 1.68. The Bertz CT molecular complexity index is 175. The second-order valence-electron chi connectivity index (χ2n) is 3.49. The molecule has 1 unspecified atom stereocenters. The molecular formula is C9H19NO2. The molecule has 0 saturated heterocycles. The standard InChI is InChI=1S/C8H15NO2.CH4/c1-6(10-4)7-5-8(2,3)11-9-7;/h6H,5H2,1-4H3;1H4. The maximum atomic E-state index is 5.18. The van der Waals surface area contributed by atoms with Crippen molar-refractivity contribution in [3.8, 4) is 0 Å². The summed E-state index contributed by atoms with van der Waals surface area (Å²) in [6.45, 7) is 6.02. The first-order valence-corrected chi connectivity index (χ1v) is 3.83. The lowest BCUT2D eigenvalue weighted by Gasteiger charge is -2.14. The van der Waals surface area contributed by atoms with Gasteiger partial charge >= 0.3 is 0 Å². The lowest BCUT2D eigenvalue weighted by Crippen LogP contribution is -2.24. The molecule has 0 bridgehead atoms.